The van der Waals surface area contributed by atoms with Gasteiger partial charge in [0.2, 0.25) is 5.91 Å². The summed E-state index contributed by atoms with van der Waals surface area (Å²) < 4.78 is 40.7. The molecular weight excluding hydrogens is 387 g/mol. The van der Waals surface area contributed by atoms with Crippen LogP contribution in [0.4, 0.5) is 18.0 Å². The van der Waals surface area contributed by atoms with E-state index in [1.54, 1.807) is 0 Å². The van der Waals surface area contributed by atoms with Gasteiger partial charge in [-0.25, -0.2) is 18.0 Å². The van der Waals surface area contributed by atoms with Gasteiger partial charge in [0.1, 0.15) is 29.5 Å². The van der Waals surface area contributed by atoms with Crippen LogP contribution in [-0.4, -0.2) is 41.2 Å². The molecule has 0 unspecified atom stereocenters. The number of urea groups is 1. The van der Waals surface area contributed by atoms with E-state index in [9.17, 15) is 27.6 Å². The van der Waals surface area contributed by atoms with Crippen molar-refractivity contribution >= 4 is 17.8 Å². The lowest BCUT2D eigenvalue weighted by Gasteiger charge is -2.23. The minimum absolute atomic E-state index is 0.137. The molecule has 9 heteroatoms. The first-order chi connectivity index (χ1) is 13.6. The Balaban J connectivity index is 1.75. The van der Waals surface area contributed by atoms with Crippen LogP contribution in [0.15, 0.2) is 42.5 Å². The summed E-state index contributed by atoms with van der Waals surface area (Å²) in [6.45, 7) is 0.811. The summed E-state index contributed by atoms with van der Waals surface area (Å²) in [6.07, 6.45) is 0. The quantitative estimate of drug-likeness (QED) is 0.778. The SMILES string of the molecule is CN(Cc1ccc(F)cc1)C(=O)CN1C(=O)N[C@@](C)(c2cc(F)ccc2F)C1=O. The molecule has 3 rings (SSSR count). The highest BCUT2D eigenvalue weighted by molar-refractivity contribution is 6.09. The number of halogens is 3. The number of likely N-dealkylation sites (N-methyl/N-ethyl adjacent to an activating group) is 1. The Labute approximate surface area is 164 Å². The van der Waals surface area contributed by atoms with E-state index in [1.165, 1.54) is 43.1 Å². The van der Waals surface area contributed by atoms with Gasteiger partial charge in [0.05, 0.1) is 0 Å². The monoisotopic (exact) mass is 405 g/mol. The molecule has 1 N–H and O–H groups in total. The number of hydrogen-bond acceptors (Lipinski definition) is 3. The van der Waals surface area contributed by atoms with E-state index in [0.717, 1.165) is 18.2 Å². The molecular formula is C20H18F3N3O3. The van der Waals surface area contributed by atoms with Crippen molar-refractivity contribution in [2.24, 2.45) is 0 Å². The van der Waals surface area contributed by atoms with Gasteiger partial charge in [-0.05, 0) is 42.8 Å². The van der Waals surface area contributed by atoms with Gasteiger partial charge < -0.3 is 10.2 Å². The Bertz CT molecular complexity index is 981. The maximum atomic E-state index is 14.2. The molecule has 0 bridgehead atoms. The van der Waals surface area contributed by atoms with Gasteiger partial charge in [-0.3, -0.25) is 14.5 Å². The fourth-order valence-electron chi connectivity index (χ4n) is 3.11. The molecule has 2 aromatic rings. The molecule has 29 heavy (non-hydrogen) atoms. The van der Waals surface area contributed by atoms with E-state index in [1.807, 2.05) is 0 Å². The lowest BCUT2D eigenvalue weighted by molar-refractivity contribution is -0.138. The van der Waals surface area contributed by atoms with E-state index >= 15 is 0 Å². The van der Waals surface area contributed by atoms with Crippen molar-refractivity contribution in [3.8, 4) is 0 Å². The number of rotatable bonds is 5. The zero-order chi connectivity index (χ0) is 21.3. The normalized spacial score (nSPS) is 18.7. The number of nitrogens with one attached hydrogen (secondary N) is 1. The van der Waals surface area contributed by atoms with Crippen molar-refractivity contribution in [3.63, 3.8) is 0 Å². The summed E-state index contributed by atoms with van der Waals surface area (Å²) >= 11 is 0. The highest BCUT2D eigenvalue weighted by Crippen LogP contribution is 2.31. The second-order valence-electron chi connectivity index (χ2n) is 6.95. The molecule has 1 saturated heterocycles. The third-order valence-electron chi connectivity index (χ3n) is 4.79. The van der Waals surface area contributed by atoms with Crippen LogP contribution >= 0.6 is 0 Å². The molecule has 1 heterocycles. The largest absolute Gasteiger partial charge is 0.340 e. The third kappa shape index (κ3) is 3.94. The van der Waals surface area contributed by atoms with Gasteiger partial charge in [-0.1, -0.05) is 12.1 Å². The average Bonchev–Trinajstić information content (AvgIpc) is 2.89. The Kier molecular flexibility index (Phi) is 5.32. The second-order valence-corrected chi connectivity index (χ2v) is 6.95. The van der Waals surface area contributed by atoms with Crippen LogP contribution in [0.25, 0.3) is 0 Å². The first kappa shape index (κ1) is 20.4. The maximum Gasteiger partial charge on any atom is 0.325 e. The zero-order valence-corrected chi connectivity index (χ0v) is 15.7. The molecule has 0 spiro atoms. The standard InChI is InChI=1S/C20H18F3N3O3/c1-20(15-9-14(22)7-8-16(15)23)18(28)26(19(29)24-20)11-17(27)25(2)10-12-3-5-13(21)6-4-12/h3-9H,10-11H2,1-2H3,(H,24,29)/t20-/m0/s1. The summed E-state index contributed by atoms with van der Waals surface area (Å²) in [5, 5.41) is 2.33. The Hall–Kier alpha value is -3.36. The predicted molar refractivity (Wildman–Crippen MR) is 96.8 cm³/mol. The summed E-state index contributed by atoms with van der Waals surface area (Å²) in [5.74, 6) is -3.45. The number of nitrogens with zero attached hydrogens (tertiary/aromatic N) is 2. The molecule has 4 amide bonds. The molecule has 0 aromatic heterocycles. The summed E-state index contributed by atoms with van der Waals surface area (Å²) in [4.78, 5) is 39.5. The first-order valence-corrected chi connectivity index (χ1v) is 8.70. The lowest BCUT2D eigenvalue weighted by atomic mass is 9.91. The molecule has 1 aliphatic rings. The van der Waals surface area contributed by atoms with Crippen molar-refractivity contribution in [2.45, 2.75) is 19.0 Å². The first-order valence-electron chi connectivity index (χ1n) is 8.70. The van der Waals surface area contributed by atoms with Gasteiger partial charge in [-0.2, -0.15) is 0 Å². The number of carbonyl (C=O) groups excluding carboxylic acids is 3. The van der Waals surface area contributed by atoms with Gasteiger partial charge >= 0.3 is 6.03 Å². The van der Waals surface area contributed by atoms with Gasteiger partial charge in [-0.15, -0.1) is 0 Å². The number of carbonyl (C=O) groups is 3. The third-order valence-corrected chi connectivity index (χ3v) is 4.79. The Morgan fingerprint density at radius 1 is 1.07 bits per heavy atom. The van der Waals surface area contributed by atoms with Crippen LogP contribution in [0, 0.1) is 17.5 Å². The molecule has 1 fully saturated rings. The highest BCUT2D eigenvalue weighted by Gasteiger charge is 2.51. The zero-order valence-electron chi connectivity index (χ0n) is 15.7. The van der Waals surface area contributed by atoms with Gasteiger partial charge in [0.15, 0.2) is 0 Å². The number of benzene rings is 2. The van der Waals surface area contributed by atoms with Crippen LogP contribution in [-0.2, 0) is 21.7 Å². The van der Waals surface area contributed by atoms with Gasteiger partial charge in [0, 0.05) is 19.2 Å². The molecule has 1 aliphatic heterocycles. The topological polar surface area (TPSA) is 69.7 Å². The van der Waals surface area contributed by atoms with Crippen LogP contribution in [0.5, 0.6) is 0 Å². The van der Waals surface area contributed by atoms with Crippen LogP contribution < -0.4 is 5.32 Å². The van der Waals surface area contributed by atoms with Crippen molar-refractivity contribution in [1.29, 1.82) is 0 Å². The van der Waals surface area contributed by atoms with Crippen molar-refractivity contribution in [1.82, 2.24) is 15.1 Å². The van der Waals surface area contributed by atoms with E-state index in [4.69, 9.17) is 0 Å². The fourth-order valence-corrected chi connectivity index (χ4v) is 3.11. The van der Waals surface area contributed by atoms with Crippen LogP contribution in [0.2, 0.25) is 0 Å². The minimum atomic E-state index is -1.83. The maximum absolute atomic E-state index is 14.2. The molecule has 6 nitrogen and oxygen atoms in total. The number of imide groups is 1. The predicted octanol–water partition coefficient (Wildman–Crippen LogP) is 2.53. The smallest absolute Gasteiger partial charge is 0.325 e. The van der Waals surface area contributed by atoms with Crippen molar-refractivity contribution < 1.29 is 27.6 Å². The number of hydrogen-bond donors (Lipinski definition) is 1. The Morgan fingerprint density at radius 2 is 1.69 bits per heavy atom. The van der Waals surface area contributed by atoms with Crippen molar-refractivity contribution in [2.75, 3.05) is 13.6 Å². The average molecular weight is 405 g/mol. The summed E-state index contributed by atoms with van der Waals surface area (Å²) in [6, 6.07) is 7.24. The second kappa shape index (κ2) is 7.57. The highest BCUT2D eigenvalue weighted by atomic mass is 19.1. The molecule has 0 radical (unpaired) electrons. The van der Waals surface area contributed by atoms with E-state index in [0.29, 0.717) is 10.5 Å². The number of amides is 4. The van der Waals surface area contributed by atoms with Gasteiger partial charge in [0.25, 0.3) is 5.91 Å². The molecule has 1 atom stereocenters. The van der Waals surface area contributed by atoms with E-state index in [-0.39, 0.29) is 12.1 Å². The fraction of sp³-hybridized carbons (Fsp3) is 0.250. The van der Waals surface area contributed by atoms with Crippen LogP contribution in [0.3, 0.4) is 0 Å². The molecule has 0 aliphatic carbocycles. The lowest BCUT2D eigenvalue weighted by Crippen LogP contribution is -2.44. The molecule has 0 saturated carbocycles. The minimum Gasteiger partial charge on any atom is -0.340 e. The summed E-state index contributed by atoms with van der Waals surface area (Å²) in [7, 11) is 1.47. The molecule has 152 valence electrons. The van der Waals surface area contributed by atoms with E-state index < -0.39 is 47.4 Å². The van der Waals surface area contributed by atoms with Crippen molar-refractivity contribution in [3.05, 3.63) is 71.0 Å². The Morgan fingerprint density at radius 3 is 2.34 bits per heavy atom. The van der Waals surface area contributed by atoms with E-state index in [2.05, 4.69) is 5.32 Å². The van der Waals surface area contributed by atoms with Crippen LogP contribution in [0.1, 0.15) is 18.1 Å². The molecule has 2 aromatic carbocycles. The summed E-state index contributed by atoms with van der Waals surface area (Å²) in [5.41, 5.74) is -1.50.